The van der Waals surface area contributed by atoms with Gasteiger partial charge < -0.3 is 14.6 Å². The van der Waals surface area contributed by atoms with Gasteiger partial charge in [-0.2, -0.15) is 0 Å². The van der Waals surface area contributed by atoms with Gasteiger partial charge in [0, 0.05) is 35.8 Å². The van der Waals surface area contributed by atoms with Gasteiger partial charge in [0.05, 0.1) is 17.3 Å². The predicted octanol–water partition coefficient (Wildman–Crippen LogP) is 5.08. The van der Waals surface area contributed by atoms with Crippen molar-refractivity contribution in [3.8, 4) is 5.75 Å². The highest BCUT2D eigenvalue weighted by Crippen LogP contribution is 2.23. The number of ether oxygens (including phenoxy) is 1. The molecule has 1 amide bonds. The maximum absolute atomic E-state index is 12.3. The summed E-state index contributed by atoms with van der Waals surface area (Å²) >= 11 is 7.21. The summed E-state index contributed by atoms with van der Waals surface area (Å²) in [7, 11) is 0. The lowest BCUT2D eigenvalue weighted by molar-refractivity contribution is -0.384. The largest absolute Gasteiger partial charge is 0.493 e. The smallest absolute Gasteiger partial charge is 0.271 e. The predicted molar refractivity (Wildman–Crippen MR) is 133 cm³/mol. The van der Waals surface area contributed by atoms with Gasteiger partial charge in [0.1, 0.15) is 11.6 Å². The molecule has 3 rings (SSSR count). The van der Waals surface area contributed by atoms with Gasteiger partial charge in [-0.25, -0.2) is 0 Å². The maximum atomic E-state index is 12.3. The summed E-state index contributed by atoms with van der Waals surface area (Å²) in [4.78, 5) is 22.7. The maximum Gasteiger partial charge on any atom is 0.271 e. The molecule has 0 saturated carbocycles. The van der Waals surface area contributed by atoms with Crippen LogP contribution in [0.4, 0.5) is 11.4 Å². The van der Waals surface area contributed by atoms with Crippen molar-refractivity contribution in [3.05, 3.63) is 81.6 Å². The number of nitro benzene ring substituents is 1. The van der Waals surface area contributed by atoms with Crippen molar-refractivity contribution >= 4 is 40.6 Å². The van der Waals surface area contributed by atoms with Gasteiger partial charge in [-0.3, -0.25) is 14.9 Å². The van der Waals surface area contributed by atoms with Crippen LogP contribution in [0.25, 0.3) is 0 Å². The minimum atomic E-state index is -0.509. The van der Waals surface area contributed by atoms with Gasteiger partial charge in [-0.1, -0.05) is 35.5 Å². The Kier molecular flexibility index (Phi) is 9.06. The standard InChI is InChI=1S/C23H24ClN5O4S/c1-3-11-28-21(8-5-12-33-20-10-9-17(24)13-16(20)2)26-27-23(28)34-15-22(30)25-18-6-4-7-19(14-18)29(31)32/h3-4,6-7,9-10,13-14H,1,5,8,11-12,15H2,2H3,(H,25,30). The number of halogens is 1. The van der Waals surface area contributed by atoms with Gasteiger partial charge in [0.2, 0.25) is 5.91 Å². The summed E-state index contributed by atoms with van der Waals surface area (Å²) < 4.78 is 7.75. The number of anilines is 1. The molecule has 178 valence electrons. The number of aromatic nitrogens is 3. The first-order valence-electron chi connectivity index (χ1n) is 10.5. The van der Waals surface area contributed by atoms with E-state index in [1.165, 1.54) is 30.0 Å². The summed E-state index contributed by atoms with van der Waals surface area (Å²) in [6.45, 7) is 6.75. The molecule has 11 heteroatoms. The van der Waals surface area contributed by atoms with E-state index in [9.17, 15) is 14.9 Å². The van der Waals surface area contributed by atoms with Crippen LogP contribution < -0.4 is 10.1 Å². The van der Waals surface area contributed by atoms with Crippen LogP contribution in [0, 0.1) is 17.0 Å². The number of hydrogen-bond acceptors (Lipinski definition) is 7. The number of aryl methyl sites for hydroxylation is 2. The first-order valence-corrected chi connectivity index (χ1v) is 11.8. The SMILES string of the molecule is C=CCn1c(CCCOc2ccc(Cl)cc2C)nnc1SCC(=O)Nc1cccc([N+](=O)[O-])c1. The van der Waals surface area contributed by atoms with Crippen LogP contribution in [0.5, 0.6) is 5.75 Å². The van der Waals surface area contributed by atoms with Gasteiger partial charge in [0.15, 0.2) is 5.16 Å². The Labute approximate surface area is 206 Å². The molecule has 0 spiro atoms. The molecule has 0 aliphatic heterocycles. The second-order valence-electron chi connectivity index (χ2n) is 7.30. The molecule has 1 N–H and O–H groups in total. The van der Waals surface area contributed by atoms with Crippen LogP contribution >= 0.6 is 23.4 Å². The van der Waals surface area contributed by atoms with E-state index >= 15 is 0 Å². The van der Waals surface area contributed by atoms with E-state index in [1.54, 1.807) is 18.2 Å². The Hall–Kier alpha value is -3.37. The normalized spacial score (nSPS) is 10.6. The van der Waals surface area contributed by atoms with Crippen molar-refractivity contribution in [2.45, 2.75) is 31.5 Å². The van der Waals surface area contributed by atoms with E-state index in [4.69, 9.17) is 16.3 Å². The van der Waals surface area contributed by atoms with Gasteiger partial charge in [0.25, 0.3) is 5.69 Å². The number of non-ortho nitro benzene ring substituents is 1. The average Bonchev–Trinajstić information content (AvgIpc) is 3.18. The molecule has 0 fully saturated rings. The number of thioether (sulfide) groups is 1. The summed E-state index contributed by atoms with van der Waals surface area (Å²) in [6, 6.07) is 11.3. The van der Waals surface area contributed by atoms with E-state index in [1.807, 2.05) is 23.6 Å². The van der Waals surface area contributed by atoms with Crippen molar-refractivity contribution < 1.29 is 14.5 Å². The first-order chi connectivity index (χ1) is 16.4. The van der Waals surface area contributed by atoms with Crippen molar-refractivity contribution in [3.63, 3.8) is 0 Å². The van der Waals surface area contributed by atoms with E-state index in [2.05, 4.69) is 22.1 Å². The lowest BCUT2D eigenvalue weighted by atomic mass is 10.2. The highest BCUT2D eigenvalue weighted by atomic mass is 35.5. The van der Waals surface area contributed by atoms with Crippen molar-refractivity contribution in [1.29, 1.82) is 0 Å². The topological polar surface area (TPSA) is 112 Å². The highest BCUT2D eigenvalue weighted by Gasteiger charge is 2.14. The highest BCUT2D eigenvalue weighted by molar-refractivity contribution is 7.99. The van der Waals surface area contributed by atoms with Crippen molar-refractivity contribution in [1.82, 2.24) is 14.8 Å². The monoisotopic (exact) mass is 501 g/mol. The molecule has 1 aromatic heterocycles. The number of hydrogen-bond donors (Lipinski definition) is 1. The third-order valence-corrected chi connectivity index (χ3v) is 5.92. The number of benzene rings is 2. The zero-order valence-electron chi connectivity index (χ0n) is 18.6. The Morgan fingerprint density at radius 3 is 2.88 bits per heavy atom. The Morgan fingerprint density at radius 1 is 1.32 bits per heavy atom. The van der Waals surface area contributed by atoms with Crippen LogP contribution in [-0.2, 0) is 17.8 Å². The van der Waals surface area contributed by atoms with E-state index in [0.717, 1.165) is 23.6 Å². The minimum Gasteiger partial charge on any atom is -0.493 e. The number of allylic oxidation sites excluding steroid dienone is 1. The first kappa shape index (κ1) is 25.3. The number of amides is 1. The zero-order valence-corrected chi connectivity index (χ0v) is 20.1. The quantitative estimate of drug-likeness (QED) is 0.121. The number of nitrogens with one attached hydrogen (secondary N) is 1. The number of carbonyl (C=O) groups excluding carboxylic acids is 1. The number of rotatable bonds is 12. The lowest BCUT2D eigenvalue weighted by Crippen LogP contribution is -2.15. The third-order valence-electron chi connectivity index (χ3n) is 4.72. The van der Waals surface area contributed by atoms with Gasteiger partial charge in [-0.15, -0.1) is 16.8 Å². The Morgan fingerprint density at radius 2 is 2.15 bits per heavy atom. The molecule has 0 unspecified atom stereocenters. The fourth-order valence-electron chi connectivity index (χ4n) is 3.13. The average molecular weight is 502 g/mol. The molecule has 1 heterocycles. The number of nitro groups is 1. The lowest BCUT2D eigenvalue weighted by Gasteiger charge is -2.10. The van der Waals surface area contributed by atoms with Crippen LogP contribution in [0.3, 0.4) is 0 Å². The second-order valence-corrected chi connectivity index (χ2v) is 8.68. The summed E-state index contributed by atoms with van der Waals surface area (Å²) in [5, 5.41) is 23.3. The molecule has 34 heavy (non-hydrogen) atoms. The van der Waals surface area contributed by atoms with Crippen LogP contribution in [-0.4, -0.2) is 38.0 Å². The molecule has 3 aromatic rings. The summed E-state index contributed by atoms with van der Waals surface area (Å²) in [5.74, 6) is 1.35. The molecular weight excluding hydrogens is 478 g/mol. The molecule has 0 aliphatic rings. The molecule has 9 nitrogen and oxygen atoms in total. The third kappa shape index (κ3) is 7.06. The molecule has 2 aromatic carbocycles. The van der Waals surface area contributed by atoms with Crippen molar-refractivity contribution in [2.24, 2.45) is 0 Å². The van der Waals surface area contributed by atoms with Crippen molar-refractivity contribution in [2.75, 3.05) is 17.7 Å². The van der Waals surface area contributed by atoms with Gasteiger partial charge in [-0.05, 0) is 43.2 Å². The zero-order chi connectivity index (χ0) is 24.5. The molecule has 0 bridgehead atoms. The Balaban J connectivity index is 1.53. The molecule has 0 radical (unpaired) electrons. The Bertz CT molecular complexity index is 1180. The van der Waals surface area contributed by atoms with E-state index < -0.39 is 4.92 Å². The number of nitrogens with zero attached hydrogens (tertiary/aromatic N) is 4. The molecule has 0 saturated heterocycles. The van der Waals surface area contributed by atoms with Crippen LogP contribution in [0.2, 0.25) is 5.02 Å². The molecular formula is C23H24ClN5O4S. The van der Waals surface area contributed by atoms with E-state index in [-0.39, 0.29) is 17.3 Å². The summed E-state index contributed by atoms with van der Waals surface area (Å²) in [5.41, 5.74) is 1.25. The summed E-state index contributed by atoms with van der Waals surface area (Å²) in [6.07, 6.45) is 3.12. The fourth-order valence-corrected chi connectivity index (χ4v) is 4.13. The minimum absolute atomic E-state index is 0.0803. The fraction of sp³-hybridized carbons (Fsp3) is 0.261. The van der Waals surface area contributed by atoms with Crippen LogP contribution in [0.15, 0.2) is 60.3 Å². The van der Waals surface area contributed by atoms with E-state index in [0.29, 0.717) is 35.4 Å². The molecule has 0 atom stereocenters. The van der Waals surface area contributed by atoms with Crippen LogP contribution in [0.1, 0.15) is 17.8 Å². The molecule has 0 aliphatic carbocycles. The second kappa shape index (κ2) is 12.2. The number of carbonyl (C=O) groups is 1. The van der Waals surface area contributed by atoms with Gasteiger partial charge >= 0.3 is 0 Å².